The average Bonchev–Trinajstić information content (AvgIpc) is 2.41. The molecule has 0 aliphatic heterocycles. The van der Waals surface area contributed by atoms with Crippen molar-refractivity contribution >= 4 is 5.97 Å². The van der Waals surface area contributed by atoms with E-state index in [-0.39, 0.29) is 5.97 Å². The van der Waals surface area contributed by atoms with E-state index in [0.717, 1.165) is 12.0 Å². The van der Waals surface area contributed by atoms with Gasteiger partial charge in [0.15, 0.2) is 0 Å². The molecule has 0 saturated carbocycles. The summed E-state index contributed by atoms with van der Waals surface area (Å²) in [6.07, 6.45) is 8.09. The van der Waals surface area contributed by atoms with Gasteiger partial charge in [-0.3, -0.25) is 4.79 Å². The zero-order valence-electron chi connectivity index (χ0n) is 12.3. The van der Waals surface area contributed by atoms with Gasteiger partial charge in [-0.2, -0.15) is 0 Å². The van der Waals surface area contributed by atoms with Crippen LogP contribution < -0.4 is 0 Å². The molecule has 2 heteroatoms. The first kappa shape index (κ1) is 15.7. The van der Waals surface area contributed by atoms with E-state index in [1.165, 1.54) is 37.7 Å². The van der Waals surface area contributed by atoms with Crippen LogP contribution in [0.5, 0.6) is 0 Å². The standard InChI is InChI=1S/C17H26O2/c1-3-5-6-7-8-9-15-10-12-16(13-11-15)14-17(18)19-4-2/h10-13H,3-9,14H2,1-2H3. The Hall–Kier alpha value is -1.31. The van der Waals surface area contributed by atoms with Gasteiger partial charge in [0.1, 0.15) is 0 Å². The minimum absolute atomic E-state index is 0.144. The van der Waals surface area contributed by atoms with Crippen LogP contribution in [0.3, 0.4) is 0 Å². The van der Waals surface area contributed by atoms with Gasteiger partial charge in [-0.1, -0.05) is 56.9 Å². The Morgan fingerprint density at radius 3 is 2.21 bits per heavy atom. The maximum Gasteiger partial charge on any atom is 0.310 e. The number of hydrogen-bond donors (Lipinski definition) is 0. The van der Waals surface area contributed by atoms with E-state index in [1.54, 1.807) is 0 Å². The second-order valence-corrected chi connectivity index (χ2v) is 4.96. The van der Waals surface area contributed by atoms with Crippen LogP contribution in [0.2, 0.25) is 0 Å². The molecule has 0 atom stereocenters. The first-order valence-electron chi connectivity index (χ1n) is 7.49. The topological polar surface area (TPSA) is 26.3 Å². The molecule has 0 N–H and O–H groups in total. The van der Waals surface area contributed by atoms with E-state index in [0.29, 0.717) is 13.0 Å². The van der Waals surface area contributed by atoms with Crippen LogP contribution >= 0.6 is 0 Å². The van der Waals surface area contributed by atoms with Crippen LogP contribution in [0.4, 0.5) is 0 Å². The number of unbranched alkanes of at least 4 members (excludes halogenated alkanes) is 4. The molecule has 0 spiro atoms. The molecule has 0 radical (unpaired) electrons. The Morgan fingerprint density at radius 2 is 1.58 bits per heavy atom. The minimum Gasteiger partial charge on any atom is -0.466 e. The monoisotopic (exact) mass is 262 g/mol. The summed E-state index contributed by atoms with van der Waals surface area (Å²) in [6, 6.07) is 8.35. The summed E-state index contributed by atoms with van der Waals surface area (Å²) < 4.78 is 4.94. The number of carbonyl (C=O) groups is 1. The smallest absolute Gasteiger partial charge is 0.310 e. The van der Waals surface area contributed by atoms with Crippen molar-refractivity contribution in [3.8, 4) is 0 Å². The van der Waals surface area contributed by atoms with Crippen LogP contribution in [0, 0.1) is 0 Å². The Kier molecular flexibility index (Phi) is 7.95. The number of carbonyl (C=O) groups excluding carboxylic acids is 1. The van der Waals surface area contributed by atoms with E-state index in [9.17, 15) is 4.79 Å². The lowest BCUT2D eigenvalue weighted by molar-refractivity contribution is -0.142. The van der Waals surface area contributed by atoms with Gasteiger partial charge in [-0.25, -0.2) is 0 Å². The molecule has 2 nitrogen and oxygen atoms in total. The van der Waals surface area contributed by atoms with Gasteiger partial charge < -0.3 is 4.74 Å². The number of aryl methyl sites for hydroxylation is 1. The van der Waals surface area contributed by atoms with Crippen molar-refractivity contribution in [1.29, 1.82) is 0 Å². The Balaban J connectivity index is 2.29. The Bertz CT molecular complexity index is 354. The molecule has 1 aromatic carbocycles. The Labute approximate surface area is 117 Å². The van der Waals surface area contributed by atoms with Crippen molar-refractivity contribution in [2.45, 2.75) is 58.8 Å². The van der Waals surface area contributed by atoms with Crippen LogP contribution in [-0.4, -0.2) is 12.6 Å². The highest BCUT2D eigenvalue weighted by atomic mass is 16.5. The Morgan fingerprint density at radius 1 is 0.947 bits per heavy atom. The van der Waals surface area contributed by atoms with Gasteiger partial charge in [-0.15, -0.1) is 0 Å². The van der Waals surface area contributed by atoms with E-state index >= 15 is 0 Å². The van der Waals surface area contributed by atoms with Gasteiger partial charge in [0, 0.05) is 0 Å². The highest BCUT2D eigenvalue weighted by Gasteiger charge is 2.03. The van der Waals surface area contributed by atoms with Crippen molar-refractivity contribution in [1.82, 2.24) is 0 Å². The third kappa shape index (κ3) is 7.00. The van der Waals surface area contributed by atoms with E-state index in [2.05, 4.69) is 19.1 Å². The molecule has 106 valence electrons. The second kappa shape index (κ2) is 9.60. The summed E-state index contributed by atoms with van der Waals surface area (Å²) in [7, 11) is 0. The van der Waals surface area contributed by atoms with Gasteiger partial charge in [0.25, 0.3) is 0 Å². The van der Waals surface area contributed by atoms with Crippen molar-refractivity contribution in [2.24, 2.45) is 0 Å². The number of rotatable bonds is 9. The zero-order chi connectivity index (χ0) is 13.9. The SMILES string of the molecule is CCCCCCCc1ccc(CC(=O)OCC)cc1. The molecule has 0 amide bonds. The number of esters is 1. The summed E-state index contributed by atoms with van der Waals surface area (Å²) in [5.41, 5.74) is 2.40. The summed E-state index contributed by atoms with van der Waals surface area (Å²) in [5, 5.41) is 0. The molecule has 0 aromatic heterocycles. The van der Waals surface area contributed by atoms with Gasteiger partial charge in [-0.05, 0) is 30.9 Å². The number of ether oxygens (including phenoxy) is 1. The van der Waals surface area contributed by atoms with Crippen molar-refractivity contribution in [2.75, 3.05) is 6.61 Å². The molecular formula is C17H26O2. The normalized spacial score (nSPS) is 10.4. The molecule has 0 bridgehead atoms. The third-order valence-electron chi connectivity index (χ3n) is 3.25. The van der Waals surface area contributed by atoms with Crippen LogP contribution in [0.15, 0.2) is 24.3 Å². The summed E-state index contributed by atoms with van der Waals surface area (Å²) >= 11 is 0. The van der Waals surface area contributed by atoms with Crippen LogP contribution in [0.1, 0.15) is 57.1 Å². The van der Waals surface area contributed by atoms with Crippen molar-refractivity contribution in [3.05, 3.63) is 35.4 Å². The molecule has 0 heterocycles. The maximum atomic E-state index is 11.3. The lowest BCUT2D eigenvalue weighted by Crippen LogP contribution is -2.07. The molecule has 0 saturated heterocycles. The van der Waals surface area contributed by atoms with Gasteiger partial charge in [0.05, 0.1) is 13.0 Å². The number of benzene rings is 1. The van der Waals surface area contributed by atoms with Gasteiger partial charge in [0.2, 0.25) is 0 Å². The zero-order valence-corrected chi connectivity index (χ0v) is 12.3. The first-order chi connectivity index (χ1) is 9.26. The predicted molar refractivity (Wildman–Crippen MR) is 79.2 cm³/mol. The van der Waals surface area contributed by atoms with E-state index in [4.69, 9.17) is 4.74 Å². The summed E-state index contributed by atoms with van der Waals surface area (Å²) in [6.45, 7) is 4.52. The lowest BCUT2D eigenvalue weighted by Gasteiger charge is -2.05. The molecule has 19 heavy (non-hydrogen) atoms. The molecule has 0 aliphatic carbocycles. The quantitative estimate of drug-likeness (QED) is 0.490. The van der Waals surface area contributed by atoms with E-state index in [1.807, 2.05) is 19.1 Å². The fraction of sp³-hybridized carbons (Fsp3) is 0.588. The predicted octanol–water partition coefficient (Wildman–Crippen LogP) is 4.31. The fourth-order valence-electron chi connectivity index (χ4n) is 2.14. The molecule has 0 fully saturated rings. The maximum absolute atomic E-state index is 11.3. The van der Waals surface area contributed by atoms with Crippen LogP contribution in [-0.2, 0) is 22.4 Å². The van der Waals surface area contributed by atoms with Gasteiger partial charge >= 0.3 is 5.97 Å². The molecule has 0 unspecified atom stereocenters. The largest absolute Gasteiger partial charge is 0.466 e. The lowest BCUT2D eigenvalue weighted by atomic mass is 10.0. The average molecular weight is 262 g/mol. The highest BCUT2D eigenvalue weighted by molar-refractivity contribution is 5.72. The van der Waals surface area contributed by atoms with E-state index < -0.39 is 0 Å². The van der Waals surface area contributed by atoms with Crippen LogP contribution in [0.25, 0.3) is 0 Å². The van der Waals surface area contributed by atoms with Crippen molar-refractivity contribution in [3.63, 3.8) is 0 Å². The molecule has 1 aromatic rings. The summed E-state index contributed by atoms with van der Waals surface area (Å²) in [5.74, 6) is -0.144. The fourth-order valence-corrected chi connectivity index (χ4v) is 2.14. The number of hydrogen-bond acceptors (Lipinski definition) is 2. The highest BCUT2D eigenvalue weighted by Crippen LogP contribution is 2.11. The molecule has 0 aliphatic rings. The minimum atomic E-state index is -0.144. The second-order valence-electron chi connectivity index (χ2n) is 4.96. The summed E-state index contributed by atoms with van der Waals surface area (Å²) in [4.78, 5) is 11.3. The molecular weight excluding hydrogens is 236 g/mol. The molecule has 1 rings (SSSR count). The van der Waals surface area contributed by atoms with Crippen molar-refractivity contribution < 1.29 is 9.53 Å². The first-order valence-corrected chi connectivity index (χ1v) is 7.49. The third-order valence-corrected chi connectivity index (χ3v) is 3.25.